The molecule has 0 aliphatic carbocycles. The number of esters is 1. The van der Waals surface area contributed by atoms with Crippen LogP contribution in [0, 0.1) is 5.82 Å². The Morgan fingerprint density at radius 1 is 0.780 bits per heavy atom. The van der Waals surface area contributed by atoms with Crippen molar-refractivity contribution in [3.8, 4) is 5.75 Å². The van der Waals surface area contributed by atoms with Crippen molar-refractivity contribution in [1.82, 2.24) is 5.32 Å². The summed E-state index contributed by atoms with van der Waals surface area (Å²) in [6.45, 7) is 0. The molecule has 6 nitrogen and oxygen atoms in total. The molecule has 3 aromatic carbocycles. The number of ketones is 1. The number of rotatable bonds is 14. The Bertz CT molecular complexity index is 1440. The Morgan fingerprint density at radius 3 is 2.10 bits per heavy atom. The molecule has 7 heteroatoms. The van der Waals surface area contributed by atoms with E-state index in [0.29, 0.717) is 23.3 Å². The highest BCUT2D eigenvalue weighted by Gasteiger charge is 2.21. The first kappa shape index (κ1) is 29.3. The minimum atomic E-state index is -0.389. The number of imide groups is 1. The molecule has 41 heavy (non-hydrogen) atoms. The first-order valence-electron chi connectivity index (χ1n) is 13.8. The van der Waals surface area contributed by atoms with Crippen LogP contribution in [0.25, 0.3) is 11.6 Å². The maximum atomic E-state index is 13.0. The van der Waals surface area contributed by atoms with Crippen molar-refractivity contribution >= 4 is 35.2 Å². The number of amides is 2. The highest BCUT2D eigenvalue weighted by atomic mass is 19.1. The normalized spacial score (nSPS) is 12.9. The van der Waals surface area contributed by atoms with E-state index in [1.54, 1.807) is 30.3 Å². The monoisotopic (exact) mass is 553 g/mol. The lowest BCUT2D eigenvalue weighted by Gasteiger charge is -2.06. The molecule has 0 bridgehead atoms. The van der Waals surface area contributed by atoms with E-state index in [1.807, 2.05) is 24.3 Å². The van der Waals surface area contributed by atoms with Gasteiger partial charge in [-0.05, 0) is 78.4 Å². The molecule has 0 unspecified atom stereocenters. The third-order valence-corrected chi connectivity index (χ3v) is 6.79. The lowest BCUT2D eigenvalue weighted by molar-refractivity contribution is -0.134. The Balaban J connectivity index is 1.06. The fourth-order valence-corrected chi connectivity index (χ4v) is 4.49. The Hall–Kier alpha value is -4.65. The van der Waals surface area contributed by atoms with E-state index in [0.717, 1.165) is 56.1 Å². The molecule has 1 heterocycles. The lowest BCUT2D eigenvalue weighted by atomic mass is 10.0. The number of benzene rings is 3. The molecule has 1 aliphatic heterocycles. The zero-order chi connectivity index (χ0) is 29.0. The van der Waals surface area contributed by atoms with Crippen molar-refractivity contribution < 1.29 is 28.3 Å². The zero-order valence-electron chi connectivity index (χ0n) is 22.7. The highest BCUT2D eigenvalue weighted by Crippen LogP contribution is 2.20. The van der Waals surface area contributed by atoms with E-state index in [2.05, 4.69) is 5.32 Å². The van der Waals surface area contributed by atoms with Gasteiger partial charge in [0.1, 0.15) is 11.6 Å². The largest absolute Gasteiger partial charge is 0.427 e. The van der Waals surface area contributed by atoms with E-state index in [4.69, 9.17) is 4.74 Å². The summed E-state index contributed by atoms with van der Waals surface area (Å²) in [5, 5.41) is 2.26. The Labute approximate surface area is 238 Å². The summed E-state index contributed by atoms with van der Waals surface area (Å²) < 4.78 is 18.4. The van der Waals surface area contributed by atoms with Gasteiger partial charge in [-0.25, -0.2) is 4.39 Å². The molecule has 2 amide bonds. The van der Waals surface area contributed by atoms with Crippen LogP contribution in [0.4, 0.5) is 4.39 Å². The van der Waals surface area contributed by atoms with E-state index >= 15 is 0 Å². The fourth-order valence-electron chi connectivity index (χ4n) is 4.49. The average Bonchev–Trinajstić information content (AvgIpc) is 3.32. The summed E-state index contributed by atoms with van der Waals surface area (Å²) in [5.41, 5.74) is 3.55. The summed E-state index contributed by atoms with van der Waals surface area (Å²) in [5.74, 6) is -1.14. The second kappa shape index (κ2) is 14.7. The van der Waals surface area contributed by atoms with E-state index in [1.165, 1.54) is 42.0 Å². The molecule has 0 saturated heterocycles. The first-order valence-corrected chi connectivity index (χ1v) is 13.8. The van der Waals surface area contributed by atoms with Crippen LogP contribution in [0.15, 0.2) is 84.9 Å². The second-order valence-corrected chi connectivity index (χ2v) is 9.94. The van der Waals surface area contributed by atoms with Gasteiger partial charge in [0.05, 0.1) is 5.57 Å². The average molecular weight is 554 g/mol. The van der Waals surface area contributed by atoms with Crippen LogP contribution in [-0.2, 0) is 20.8 Å². The van der Waals surface area contributed by atoms with Crippen LogP contribution in [0.5, 0.6) is 5.75 Å². The van der Waals surface area contributed by atoms with Gasteiger partial charge in [0.25, 0.3) is 11.8 Å². The van der Waals surface area contributed by atoms with Crippen molar-refractivity contribution in [3.63, 3.8) is 0 Å². The molecule has 4 rings (SSSR count). The number of hydrogen-bond donors (Lipinski definition) is 1. The van der Waals surface area contributed by atoms with Crippen LogP contribution in [0.1, 0.15) is 72.0 Å². The molecule has 0 spiro atoms. The van der Waals surface area contributed by atoms with Crippen molar-refractivity contribution in [2.75, 3.05) is 0 Å². The molecule has 0 aromatic heterocycles. The maximum absolute atomic E-state index is 13.0. The molecular weight excluding hydrogens is 521 g/mol. The van der Waals surface area contributed by atoms with Crippen molar-refractivity contribution in [3.05, 3.63) is 113 Å². The second-order valence-electron chi connectivity index (χ2n) is 9.94. The summed E-state index contributed by atoms with van der Waals surface area (Å²) in [7, 11) is 0. The first-order chi connectivity index (χ1) is 19.9. The molecule has 0 atom stereocenters. The molecule has 0 saturated carbocycles. The predicted octanol–water partition coefficient (Wildman–Crippen LogP) is 6.64. The number of carbonyl (C=O) groups is 4. The summed E-state index contributed by atoms with van der Waals surface area (Å²) in [4.78, 5) is 47.4. The predicted molar refractivity (Wildman–Crippen MR) is 155 cm³/mol. The summed E-state index contributed by atoms with van der Waals surface area (Å²) in [6.07, 6.45) is 11.8. The maximum Gasteiger partial charge on any atom is 0.311 e. The smallest absolute Gasteiger partial charge is 0.311 e. The number of aryl methyl sites for hydroxylation is 1. The SMILES string of the molecule is O=C1C=C(c2ccc(CCCCCCCCC(=O)Oc3ccc(C=CC(=O)c4ccc(F)cc4)cc3)cc2)C(=O)N1. The van der Waals surface area contributed by atoms with Gasteiger partial charge in [-0.1, -0.05) is 68.2 Å². The van der Waals surface area contributed by atoms with Crippen LogP contribution in [-0.4, -0.2) is 23.6 Å². The number of nitrogens with one attached hydrogen (secondary N) is 1. The van der Waals surface area contributed by atoms with Crippen molar-refractivity contribution in [2.45, 2.75) is 51.4 Å². The molecule has 3 aromatic rings. The van der Waals surface area contributed by atoms with Gasteiger partial charge in [-0.15, -0.1) is 0 Å². The Morgan fingerprint density at radius 2 is 1.44 bits per heavy atom. The van der Waals surface area contributed by atoms with Crippen LogP contribution in [0.2, 0.25) is 0 Å². The van der Waals surface area contributed by atoms with Gasteiger partial charge in [0.2, 0.25) is 0 Å². The van der Waals surface area contributed by atoms with Gasteiger partial charge in [0.15, 0.2) is 5.78 Å². The van der Waals surface area contributed by atoms with Gasteiger partial charge in [0, 0.05) is 18.1 Å². The number of carbonyl (C=O) groups excluding carboxylic acids is 4. The standard InChI is InChI=1S/C34H32FNO5/c35-28-18-16-27(17-19-28)31(37)22-13-25-11-20-29(21-12-25)41-33(39)8-6-4-2-1-3-5-7-24-9-14-26(15-10-24)30-23-32(38)36-34(30)40/h9-23H,1-8H2,(H,36,38,40). The molecule has 0 radical (unpaired) electrons. The van der Waals surface area contributed by atoms with Crippen LogP contribution >= 0.6 is 0 Å². The van der Waals surface area contributed by atoms with Gasteiger partial charge < -0.3 is 4.74 Å². The number of halogens is 1. The lowest BCUT2D eigenvalue weighted by Crippen LogP contribution is -2.21. The van der Waals surface area contributed by atoms with Crippen LogP contribution < -0.4 is 10.1 Å². The minimum Gasteiger partial charge on any atom is -0.427 e. The summed E-state index contributed by atoms with van der Waals surface area (Å²) in [6, 6.07) is 20.0. The Kier molecular flexibility index (Phi) is 10.5. The quantitative estimate of drug-likeness (QED) is 0.0604. The number of hydrogen-bond acceptors (Lipinski definition) is 5. The topological polar surface area (TPSA) is 89.5 Å². The van der Waals surface area contributed by atoms with Gasteiger partial charge >= 0.3 is 5.97 Å². The summed E-state index contributed by atoms with van der Waals surface area (Å²) >= 11 is 0. The number of unbranched alkanes of at least 4 members (excludes halogenated alkanes) is 5. The zero-order valence-corrected chi connectivity index (χ0v) is 22.7. The molecule has 1 N–H and O–H groups in total. The van der Waals surface area contributed by atoms with Crippen LogP contribution in [0.3, 0.4) is 0 Å². The van der Waals surface area contributed by atoms with Crippen molar-refractivity contribution in [2.24, 2.45) is 0 Å². The van der Waals surface area contributed by atoms with E-state index < -0.39 is 0 Å². The molecule has 210 valence electrons. The minimum absolute atomic E-state index is 0.221. The fraction of sp³-hybridized carbons (Fsp3) is 0.235. The van der Waals surface area contributed by atoms with Gasteiger partial charge in [-0.3, -0.25) is 24.5 Å². The number of ether oxygens (including phenoxy) is 1. The molecular formula is C34H32FNO5. The molecule has 0 fully saturated rings. The van der Waals surface area contributed by atoms with Crippen molar-refractivity contribution in [1.29, 1.82) is 0 Å². The number of allylic oxidation sites excluding steroid dienone is 1. The highest BCUT2D eigenvalue weighted by molar-refractivity contribution is 6.33. The van der Waals surface area contributed by atoms with E-state index in [-0.39, 0.29) is 29.4 Å². The van der Waals surface area contributed by atoms with E-state index in [9.17, 15) is 23.6 Å². The van der Waals surface area contributed by atoms with Gasteiger partial charge in [-0.2, -0.15) is 0 Å². The molecule has 1 aliphatic rings. The third kappa shape index (κ3) is 9.21. The third-order valence-electron chi connectivity index (χ3n) is 6.79.